The van der Waals surface area contributed by atoms with E-state index in [1.54, 1.807) is 11.3 Å². The molecule has 4 aromatic rings. The van der Waals surface area contributed by atoms with Gasteiger partial charge in [0.15, 0.2) is 5.13 Å². The first-order valence-corrected chi connectivity index (χ1v) is 11.9. The number of rotatable bonds is 4. The molecule has 1 aliphatic rings. The van der Waals surface area contributed by atoms with Gasteiger partial charge in [0, 0.05) is 59.3 Å². The fourth-order valence-electron chi connectivity index (χ4n) is 3.85. The summed E-state index contributed by atoms with van der Waals surface area (Å²) in [7, 11) is 0. The van der Waals surface area contributed by atoms with Crippen molar-refractivity contribution in [2.24, 2.45) is 0 Å². The lowest BCUT2D eigenvalue weighted by Crippen LogP contribution is -2.31. The van der Waals surface area contributed by atoms with Crippen LogP contribution in [0.25, 0.3) is 21.3 Å². The highest BCUT2D eigenvalue weighted by atomic mass is 35.5. The lowest BCUT2D eigenvalue weighted by atomic mass is 10.1. The number of nitrogens with one attached hydrogen (secondary N) is 1. The fraction of sp³-hybridized carbons (Fsp3) is 0.286. The third-order valence-corrected chi connectivity index (χ3v) is 7.34. The van der Waals surface area contributed by atoms with E-state index in [0.717, 1.165) is 53.7 Å². The smallest absolute Gasteiger partial charge is 0.260 e. The van der Waals surface area contributed by atoms with E-state index < -0.39 is 0 Å². The van der Waals surface area contributed by atoms with Crippen molar-refractivity contribution in [3.8, 4) is 11.1 Å². The lowest BCUT2D eigenvalue weighted by molar-refractivity contribution is 0.278. The monoisotopic (exact) mass is 457 g/mol. The molecule has 5 rings (SSSR count). The highest BCUT2D eigenvalue weighted by Gasteiger charge is 2.19. The Morgan fingerprint density at radius 1 is 1.10 bits per heavy atom. The van der Waals surface area contributed by atoms with Crippen LogP contribution in [0, 0.1) is 0 Å². The van der Waals surface area contributed by atoms with Crippen molar-refractivity contribution in [3.05, 3.63) is 62.4 Å². The number of halogens is 1. The van der Waals surface area contributed by atoms with E-state index in [1.165, 1.54) is 11.3 Å². The van der Waals surface area contributed by atoms with Crippen LogP contribution in [0.4, 0.5) is 5.13 Å². The summed E-state index contributed by atoms with van der Waals surface area (Å²) in [6.45, 7) is 4.44. The number of hydrogen-bond acceptors (Lipinski definition) is 7. The Balaban J connectivity index is 1.37. The summed E-state index contributed by atoms with van der Waals surface area (Å²) in [6, 6.07) is 7.58. The van der Waals surface area contributed by atoms with Crippen molar-refractivity contribution in [1.29, 1.82) is 0 Å². The van der Waals surface area contributed by atoms with Crippen LogP contribution >= 0.6 is 34.3 Å². The minimum atomic E-state index is -0.106. The highest BCUT2D eigenvalue weighted by Crippen LogP contribution is 2.34. The van der Waals surface area contributed by atoms with Gasteiger partial charge in [-0.3, -0.25) is 9.69 Å². The average Bonchev–Trinajstić information content (AvgIpc) is 3.36. The Labute approximate surface area is 186 Å². The predicted molar refractivity (Wildman–Crippen MR) is 125 cm³/mol. The van der Waals surface area contributed by atoms with E-state index >= 15 is 0 Å². The third kappa shape index (κ3) is 3.88. The Bertz CT molecular complexity index is 1220. The second kappa shape index (κ2) is 8.47. The zero-order chi connectivity index (χ0) is 20.5. The Morgan fingerprint density at radius 2 is 2.00 bits per heavy atom. The average molecular weight is 458 g/mol. The van der Waals surface area contributed by atoms with Crippen molar-refractivity contribution < 1.29 is 0 Å². The van der Waals surface area contributed by atoms with E-state index in [-0.39, 0.29) is 5.56 Å². The number of hydrogen-bond donors (Lipinski definition) is 1. The summed E-state index contributed by atoms with van der Waals surface area (Å²) in [5, 5.41) is 6.31. The standard InChI is InChI=1S/C21H20ClN5OS2/c22-16-5-2-1-4-14(16)15-13-30-20-18(15)19(28)24-17(25-20)12-26-7-3-8-27(10-9-26)21-23-6-11-29-21/h1-2,4-6,11,13H,3,7-10,12H2,(H,24,25,28). The molecular formula is C21H20ClN5OS2. The molecule has 0 aliphatic carbocycles. The van der Waals surface area contributed by atoms with E-state index in [0.29, 0.717) is 22.8 Å². The van der Waals surface area contributed by atoms with Gasteiger partial charge in [-0.1, -0.05) is 29.8 Å². The molecule has 1 aromatic carbocycles. The van der Waals surface area contributed by atoms with Crippen molar-refractivity contribution >= 4 is 49.6 Å². The second-order valence-corrected chi connectivity index (χ2v) is 9.39. The minimum Gasteiger partial charge on any atom is -0.347 e. The Kier molecular flexibility index (Phi) is 5.56. The maximum Gasteiger partial charge on any atom is 0.260 e. The molecule has 0 radical (unpaired) electrons. The first-order valence-electron chi connectivity index (χ1n) is 9.81. The predicted octanol–water partition coefficient (Wildman–Crippen LogP) is 4.47. The molecule has 154 valence electrons. The number of aromatic nitrogens is 3. The van der Waals surface area contributed by atoms with Crippen LogP contribution in [0.1, 0.15) is 12.2 Å². The van der Waals surface area contributed by atoms with Crippen LogP contribution in [-0.4, -0.2) is 46.0 Å². The lowest BCUT2D eigenvalue weighted by Gasteiger charge is -2.21. The molecule has 0 amide bonds. The quantitative estimate of drug-likeness (QED) is 0.489. The summed E-state index contributed by atoms with van der Waals surface area (Å²) in [4.78, 5) is 30.5. The first kappa shape index (κ1) is 19.7. The maximum atomic E-state index is 12.9. The van der Waals surface area contributed by atoms with Gasteiger partial charge in [0.25, 0.3) is 5.56 Å². The number of benzene rings is 1. The molecule has 0 saturated carbocycles. The molecule has 0 unspecified atom stereocenters. The number of aromatic amines is 1. The molecule has 0 bridgehead atoms. The molecule has 1 fully saturated rings. The van der Waals surface area contributed by atoms with Gasteiger partial charge in [0.1, 0.15) is 10.7 Å². The van der Waals surface area contributed by atoms with Crippen molar-refractivity contribution in [3.63, 3.8) is 0 Å². The van der Waals surface area contributed by atoms with Crippen molar-refractivity contribution in [2.75, 3.05) is 31.1 Å². The minimum absolute atomic E-state index is 0.106. The van der Waals surface area contributed by atoms with Gasteiger partial charge >= 0.3 is 0 Å². The zero-order valence-electron chi connectivity index (χ0n) is 16.2. The van der Waals surface area contributed by atoms with E-state index in [2.05, 4.69) is 19.8 Å². The van der Waals surface area contributed by atoms with Gasteiger partial charge in [-0.2, -0.15) is 0 Å². The van der Waals surface area contributed by atoms with E-state index in [9.17, 15) is 4.79 Å². The fourth-order valence-corrected chi connectivity index (χ4v) is 5.74. The van der Waals surface area contributed by atoms with Crippen LogP contribution in [-0.2, 0) is 6.54 Å². The van der Waals surface area contributed by atoms with Crippen LogP contribution in [0.3, 0.4) is 0 Å². The SMILES string of the molecule is O=c1[nH]c(CN2CCCN(c3nccs3)CC2)nc2scc(-c3ccccc3Cl)c12. The summed E-state index contributed by atoms with van der Waals surface area (Å²) in [5.74, 6) is 0.711. The highest BCUT2D eigenvalue weighted by molar-refractivity contribution is 7.17. The molecule has 9 heteroatoms. The summed E-state index contributed by atoms with van der Waals surface area (Å²) < 4.78 is 0. The number of fused-ring (bicyclic) bond motifs is 1. The van der Waals surface area contributed by atoms with Crippen molar-refractivity contribution in [1.82, 2.24) is 19.9 Å². The number of thiazole rings is 1. The molecular weight excluding hydrogens is 438 g/mol. The topological polar surface area (TPSA) is 65.1 Å². The first-order chi connectivity index (χ1) is 14.7. The number of anilines is 1. The summed E-state index contributed by atoms with van der Waals surface area (Å²) in [5.41, 5.74) is 1.60. The van der Waals surface area contributed by atoms with Gasteiger partial charge in [0.2, 0.25) is 0 Å². The molecule has 4 heterocycles. The summed E-state index contributed by atoms with van der Waals surface area (Å²) >= 11 is 9.51. The van der Waals surface area contributed by atoms with Gasteiger partial charge in [-0.25, -0.2) is 9.97 Å². The van der Waals surface area contributed by atoms with Crippen LogP contribution in [0.15, 0.2) is 46.0 Å². The normalized spacial score (nSPS) is 15.6. The molecule has 1 N–H and O–H groups in total. The van der Waals surface area contributed by atoms with Gasteiger partial charge < -0.3 is 9.88 Å². The number of thiophene rings is 1. The maximum absolute atomic E-state index is 12.9. The van der Waals surface area contributed by atoms with Gasteiger partial charge in [-0.15, -0.1) is 22.7 Å². The van der Waals surface area contributed by atoms with Gasteiger partial charge in [0.05, 0.1) is 11.9 Å². The number of nitrogens with zero attached hydrogens (tertiary/aromatic N) is 4. The van der Waals surface area contributed by atoms with Crippen molar-refractivity contribution in [2.45, 2.75) is 13.0 Å². The zero-order valence-corrected chi connectivity index (χ0v) is 18.6. The Hall–Kier alpha value is -2.26. The van der Waals surface area contributed by atoms with E-state index in [1.807, 2.05) is 41.2 Å². The molecule has 0 spiro atoms. The van der Waals surface area contributed by atoms with Crippen LogP contribution < -0.4 is 10.5 Å². The molecule has 1 aliphatic heterocycles. The molecule has 0 atom stereocenters. The molecule has 6 nitrogen and oxygen atoms in total. The second-order valence-electron chi connectivity index (χ2n) is 7.25. The molecule has 30 heavy (non-hydrogen) atoms. The molecule has 1 saturated heterocycles. The Morgan fingerprint density at radius 3 is 2.83 bits per heavy atom. The molecule has 3 aromatic heterocycles. The van der Waals surface area contributed by atoms with Gasteiger partial charge in [-0.05, 0) is 12.5 Å². The van der Waals surface area contributed by atoms with Crippen LogP contribution in [0.2, 0.25) is 5.02 Å². The summed E-state index contributed by atoms with van der Waals surface area (Å²) in [6.07, 6.45) is 2.91. The third-order valence-electron chi connectivity index (χ3n) is 5.31. The van der Waals surface area contributed by atoms with Crippen LogP contribution in [0.5, 0.6) is 0 Å². The van der Waals surface area contributed by atoms with E-state index in [4.69, 9.17) is 16.6 Å². The largest absolute Gasteiger partial charge is 0.347 e. The number of H-pyrrole nitrogens is 1.